The van der Waals surface area contributed by atoms with Gasteiger partial charge in [-0.15, -0.1) is 0 Å². The third-order valence-corrected chi connectivity index (χ3v) is 3.83. The van der Waals surface area contributed by atoms with E-state index in [1.54, 1.807) is 6.92 Å². The highest BCUT2D eigenvalue weighted by atomic mass is 32.2. The number of carbonyl (C=O) groups excluding carboxylic acids is 1. The number of hydrogen-bond donors (Lipinski definition) is 2. The topological polar surface area (TPSA) is 102 Å². The van der Waals surface area contributed by atoms with E-state index in [2.05, 4.69) is 4.72 Å². The number of halogens is 2. The summed E-state index contributed by atoms with van der Waals surface area (Å²) in [4.78, 5) is 11.7. The van der Waals surface area contributed by atoms with Gasteiger partial charge in [-0.05, 0) is 36.8 Å². The van der Waals surface area contributed by atoms with Gasteiger partial charge in [0.1, 0.15) is 5.82 Å². The molecule has 2 aromatic rings. The summed E-state index contributed by atoms with van der Waals surface area (Å²) in [5, 5.41) is 10.0. The molecule has 0 aliphatic rings. The number of nitrogens with one attached hydrogen (secondary N) is 1. The molecule has 27 heavy (non-hydrogen) atoms. The van der Waals surface area contributed by atoms with Crippen LogP contribution in [0.2, 0.25) is 0 Å². The highest BCUT2D eigenvalue weighted by molar-refractivity contribution is 7.92. The van der Waals surface area contributed by atoms with Crippen LogP contribution >= 0.6 is 0 Å². The van der Waals surface area contributed by atoms with Crippen molar-refractivity contribution in [1.82, 2.24) is 0 Å². The predicted molar refractivity (Wildman–Crippen MR) is 92.9 cm³/mol. The Kier molecular flexibility index (Phi) is 6.34. The normalized spacial score (nSPS) is 12.3. The van der Waals surface area contributed by atoms with E-state index in [1.807, 2.05) is 0 Å². The standard InChI is InChI=1S/C17H17F2NO6S/c1-3-25-17(22)16(21)10-4-6-13(20-27(2,23)24)15(8-10)26-14-7-5-11(18)9-12(14)19/h4-9,16,20-21H,3H2,1-2H3/t16-/m1/s1. The molecule has 2 aromatic carbocycles. The largest absolute Gasteiger partial charge is 0.464 e. The summed E-state index contributed by atoms with van der Waals surface area (Å²) in [6, 6.07) is 6.23. The van der Waals surface area contributed by atoms with Crippen LogP contribution in [0, 0.1) is 11.6 Å². The molecular formula is C17H17F2NO6S. The summed E-state index contributed by atoms with van der Waals surface area (Å²) < 4.78 is 62.2. The van der Waals surface area contributed by atoms with Crippen molar-refractivity contribution in [3.63, 3.8) is 0 Å². The Morgan fingerprint density at radius 2 is 1.89 bits per heavy atom. The van der Waals surface area contributed by atoms with Crippen LogP contribution in [0.3, 0.4) is 0 Å². The van der Waals surface area contributed by atoms with Crippen LogP contribution in [0.1, 0.15) is 18.6 Å². The van der Waals surface area contributed by atoms with Crippen LogP contribution in [0.5, 0.6) is 11.5 Å². The maximum absolute atomic E-state index is 13.9. The van der Waals surface area contributed by atoms with Gasteiger partial charge in [0.05, 0.1) is 18.6 Å². The van der Waals surface area contributed by atoms with Crippen molar-refractivity contribution in [2.45, 2.75) is 13.0 Å². The van der Waals surface area contributed by atoms with E-state index in [4.69, 9.17) is 9.47 Å². The summed E-state index contributed by atoms with van der Waals surface area (Å²) in [6.07, 6.45) is -0.756. The van der Waals surface area contributed by atoms with E-state index in [9.17, 15) is 27.1 Å². The third kappa shape index (κ3) is 5.63. The van der Waals surface area contributed by atoms with Gasteiger partial charge in [0.25, 0.3) is 0 Å². The fourth-order valence-corrected chi connectivity index (χ4v) is 2.68. The molecule has 1 atom stereocenters. The van der Waals surface area contributed by atoms with Crippen LogP contribution in [-0.4, -0.2) is 32.4 Å². The fraction of sp³-hybridized carbons (Fsp3) is 0.235. The van der Waals surface area contributed by atoms with Crippen molar-refractivity contribution in [3.8, 4) is 11.5 Å². The molecule has 0 aliphatic heterocycles. The Labute approximate surface area is 154 Å². The Morgan fingerprint density at radius 3 is 2.48 bits per heavy atom. The molecular weight excluding hydrogens is 384 g/mol. The Balaban J connectivity index is 2.45. The second kappa shape index (κ2) is 8.31. The second-order valence-corrected chi connectivity index (χ2v) is 7.21. The zero-order valence-corrected chi connectivity index (χ0v) is 15.2. The van der Waals surface area contributed by atoms with Crippen LogP contribution < -0.4 is 9.46 Å². The van der Waals surface area contributed by atoms with Crippen LogP contribution in [-0.2, 0) is 19.6 Å². The lowest BCUT2D eigenvalue weighted by Crippen LogP contribution is -2.16. The van der Waals surface area contributed by atoms with Gasteiger partial charge in [0, 0.05) is 6.07 Å². The maximum Gasteiger partial charge on any atom is 0.339 e. The molecule has 0 spiro atoms. The number of anilines is 1. The van der Waals surface area contributed by atoms with Gasteiger partial charge in [0.2, 0.25) is 10.0 Å². The van der Waals surface area contributed by atoms with Gasteiger partial charge in [0.15, 0.2) is 23.4 Å². The third-order valence-electron chi connectivity index (χ3n) is 3.24. The second-order valence-electron chi connectivity index (χ2n) is 5.46. The van der Waals surface area contributed by atoms with Crippen LogP contribution in [0.25, 0.3) is 0 Å². The molecule has 0 saturated carbocycles. The molecule has 0 heterocycles. The van der Waals surface area contributed by atoms with Crippen molar-refractivity contribution in [3.05, 3.63) is 53.6 Å². The van der Waals surface area contributed by atoms with E-state index < -0.39 is 33.7 Å². The molecule has 2 N–H and O–H groups in total. The van der Waals surface area contributed by atoms with Gasteiger partial charge in [-0.25, -0.2) is 22.0 Å². The van der Waals surface area contributed by atoms with Crippen LogP contribution in [0.15, 0.2) is 36.4 Å². The smallest absolute Gasteiger partial charge is 0.339 e. The molecule has 2 rings (SSSR count). The van der Waals surface area contributed by atoms with Gasteiger partial charge >= 0.3 is 5.97 Å². The molecule has 10 heteroatoms. The minimum atomic E-state index is -3.70. The Morgan fingerprint density at radius 1 is 1.19 bits per heavy atom. The van der Waals surface area contributed by atoms with Crippen molar-refractivity contribution in [2.75, 3.05) is 17.6 Å². The zero-order valence-electron chi connectivity index (χ0n) is 14.4. The molecule has 0 fully saturated rings. The Bertz CT molecular complexity index is 948. The predicted octanol–water partition coefficient (Wildman–Crippen LogP) is 2.73. The average Bonchev–Trinajstić information content (AvgIpc) is 2.57. The molecule has 0 unspecified atom stereocenters. The van der Waals surface area contributed by atoms with Gasteiger partial charge in [-0.3, -0.25) is 4.72 Å². The van der Waals surface area contributed by atoms with Gasteiger partial charge in [-0.1, -0.05) is 6.07 Å². The lowest BCUT2D eigenvalue weighted by atomic mass is 10.1. The van der Waals surface area contributed by atoms with E-state index in [0.717, 1.165) is 24.5 Å². The summed E-state index contributed by atoms with van der Waals surface area (Å²) in [7, 11) is -3.70. The van der Waals surface area contributed by atoms with Gasteiger partial charge in [-0.2, -0.15) is 0 Å². The van der Waals surface area contributed by atoms with Crippen molar-refractivity contribution >= 4 is 21.7 Å². The number of aliphatic hydroxyl groups is 1. The first kappa shape index (κ1) is 20.6. The first-order chi connectivity index (χ1) is 12.6. The number of sulfonamides is 1. The lowest BCUT2D eigenvalue weighted by molar-refractivity contribution is -0.153. The minimum absolute atomic E-state index is 0.0324. The van der Waals surface area contributed by atoms with Crippen molar-refractivity contribution < 1.29 is 36.6 Å². The highest BCUT2D eigenvalue weighted by Crippen LogP contribution is 2.34. The van der Waals surface area contributed by atoms with E-state index in [1.165, 1.54) is 12.1 Å². The molecule has 0 radical (unpaired) electrons. The van der Waals surface area contributed by atoms with E-state index in [-0.39, 0.29) is 29.4 Å². The first-order valence-corrected chi connectivity index (χ1v) is 9.59. The fourth-order valence-electron chi connectivity index (χ4n) is 2.11. The molecule has 0 aromatic heterocycles. The lowest BCUT2D eigenvalue weighted by Gasteiger charge is -2.16. The van der Waals surface area contributed by atoms with E-state index in [0.29, 0.717) is 6.07 Å². The number of esters is 1. The number of benzene rings is 2. The molecule has 7 nitrogen and oxygen atoms in total. The summed E-state index contributed by atoms with van der Waals surface area (Å²) in [5.41, 5.74) is -0.0361. The number of hydrogen-bond acceptors (Lipinski definition) is 6. The highest BCUT2D eigenvalue weighted by Gasteiger charge is 2.21. The summed E-state index contributed by atoms with van der Waals surface area (Å²) in [5.74, 6) is -3.33. The molecule has 0 bridgehead atoms. The zero-order chi connectivity index (χ0) is 20.2. The quantitative estimate of drug-likeness (QED) is 0.692. The number of rotatable bonds is 7. The van der Waals surface area contributed by atoms with E-state index >= 15 is 0 Å². The van der Waals surface area contributed by atoms with Crippen LogP contribution in [0.4, 0.5) is 14.5 Å². The monoisotopic (exact) mass is 401 g/mol. The number of carbonyl (C=O) groups is 1. The molecule has 146 valence electrons. The summed E-state index contributed by atoms with van der Waals surface area (Å²) in [6.45, 7) is 1.61. The van der Waals surface area contributed by atoms with Crippen molar-refractivity contribution in [1.29, 1.82) is 0 Å². The first-order valence-electron chi connectivity index (χ1n) is 7.70. The minimum Gasteiger partial charge on any atom is -0.464 e. The Hall–Kier alpha value is -2.72. The SMILES string of the molecule is CCOC(=O)[C@H](O)c1ccc(NS(C)(=O)=O)c(Oc2ccc(F)cc2F)c1. The summed E-state index contributed by atoms with van der Waals surface area (Å²) >= 11 is 0. The average molecular weight is 401 g/mol. The maximum atomic E-state index is 13.9. The molecule has 0 aliphatic carbocycles. The van der Waals surface area contributed by atoms with Gasteiger partial charge < -0.3 is 14.6 Å². The number of ether oxygens (including phenoxy) is 2. The molecule has 0 saturated heterocycles. The van der Waals surface area contributed by atoms with Crippen molar-refractivity contribution in [2.24, 2.45) is 0 Å². The number of aliphatic hydroxyl groups excluding tert-OH is 1. The molecule has 0 amide bonds.